The smallest absolute Gasteiger partial charge is 0.416 e. The Morgan fingerprint density at radius 2 is 1.03 bits per heavy atom. The number of carbonyl (C=O) groups excluding carboxylic acids is 2. The first-order valence-corrected chi connectivity index (χ1v) is 24.1. The van der Waals surface area contributed by atoms with Gasteiger partial charge in [0.1, 0.15) is 23.1 Å². The third-order valence-corrected chi connectivity index (χ3v) is 13.2. The summed E-state index contributed by atoms with van der Waals surface area (Å²) in [6.45, 7) is 12.1. The maximum Gasteiger partial charge on any atom is 0.416 e. The topological polar surface area (TPSA) is 136 Å². The number of hydrogen-bond donors (Lipinski definition) is 3. The van der Waals surface area contributed by atoms with Crippen LogP contribution in [-0.2, 0) is 21.9 Å². The summed E-state index contributed by atoms with van der Waals surface area (Å²) in [5.74, 6) is 1.44. The molecule has 3 aliphatic rings. The highest BCUT2D eigenvalue weighted by atomic mass is 19.4. The van der Waals surface area contributed by atoms with E-state index in [1.807, 2.05) is 44.2 Å². The number of aryl methyl sites for hydroxylation is 2. The summed E-state index contributed by atoms with van der Waals surface area (Å²) in [6, 6.07) is 24.3. The molecular formula is C53H58F6N8O5. The molecule has 13 nitrogen and oxygen atoms in total. The second kappa shape index (κ2) is 22.8. The predicted octanol–water partition coefficient (Wildman–Crippen LogP) is 9.34. The molecule has 2 aromatic heterocycles. The number of anilines is 4. The lowest BCUT2D eigenvalue weighted by Gasteiger charge is -2.37. The van der Waals surface area contributed by atoms with Gasteiger partial charge in [-0.3, -0.25) is 14.5 Å². The Labute approximate surface area is 413 Å². The molecule has 0 aliphatic carbocycles. The lowest BCUT2D eigenvalue weighted by Crippen LogP contribution is -2.47. The van der Waals surface area contributed by atoms with Crippen molar-refractivity contribution in [2.24, 2.45) is 0 Å². The first kappa shape index (κ1) is 51.6. The molecule has 0 atom stereocenters. The first-order chi connectivity index (χ1) is 34.5. The van der Waals surface area contributed by atoms with Gasteiger partial charge in [0.25, 0.3) is 11.8 Å². The molecule has 5 heterocycles. The molecule has 0 unspecified atom stereocenters. The molecular weight excluding hydrogens is 943 g/mol. The van der Waals surface area contributed by atoms with E-state index in [9.17, 15) is 35.9 Å². The number of aromatic nitrogens is 2. The van der Waals surface area contributed by atoms with Gasteiger partial charge in [0.15, 0.2) is 13.2 Å². The van der Waals surface area contributed by atoms with Gasteiger partial charge >= 0.3 is 12.4 Å². The Kier molecular flexibility index (Phi) is 16.4. The number of pyridine rings is 2. The van der Waals surface area contributed by atoms with Crippen LogP contribution in [0.4, 0.5) is 49.4 Å². The molecule has 3 N–H and O–H groups in total. The summed E-state index contributed by atoms with van der Waals surface area (Å²) >= 11 is 0. The summed E-state index contributed by atoms with van der Waals surface area (Å²) in [5, 5.41) is 16.5. The molecule has 0 saturated carbocycles. The zero-order valence-corrected chi connectivity index (χ0v) is 40.2. The highest BCUT2D eigenvalue weighted by molar-refractivity contribution is 5.96. The van der Waals surface area contributed by atoms with Crippen molar-refractivity contribution in [3.8, 4) is 11.5 Å². The van der Waals surface area contributed by atoms with Crippen LogP contribution in [0.5, 0.6) is 11.5 Å². The van der Waals surface area contributed by atoms with Crippen molar-refractivity contribution in [2.45, 2.75) is 57.9 Å². The van der Waals surface area contributed by atoms with Crippen LogP contribution in [0.25, 0.3) is 21.8 Å². The van der Waals surface area contributed by atoms with Crippen LogP contribution >= 0.6 is 0 Å². The first-order valence-electron chi connectivity index (χ1n) is 24.1. The number of likely N-dealkylation sites (tertiary alicyclic amines) is 1. The van der Waals surface area contributed by atoms with E-state index >= 15 is 0 Å². The maximum atomic E-state index is 12.7. The molecule has 19 heteroatoms. The van der Waals surface area contributed by atoms with E-state index in [2.05, 4.69) is 36.3 Å². The van der Waals surface area contributed by atoms with Crippen LogP contribution in [0.1, 0.15) is 47.9 Å². The number of piperazine rings is 1. The Hall–Kier alpha value is -6.70. The zero-order valence-electron chi connectivity index (χ0n) is 40.2. The third kappa shape index (κ3) is 13.4. The molecule has 0 radical (unpaired) electrons. The average molecular weight is 1000 g/mol. The van der Waals surface area contributed by atoms with Gasteiger partial charge in [-0.25, -0.2) is 9.97 Å². The number of nitrogens with zero attached hydrogens (tertiary/aromatic N) is 6. The van der Waals surface area contributed by atoms with Crippen molar-refractivity contribution < 1.29 is 50.5 Å². The Bertz CT molecular complexity index is 2810. The summed E-state index contributed by atoms with van der Waals surface area (Å²) in [7, 11) is 0. The fourth-order valence-corrected chi connectivity index (χ4v) is 9.31. The van der Waals surface area contributed by atoms with E-state index in [4.69, 9.17) is 24.5 Å². The van der Waals surface area contributed by atoms with Gasteiger partial charge in [0, 0.05) is 74.0 Å². The number of rotatable bonds is 13. The number of aliphatic hydroxyl groups excluding tert-OH is 1. The number of carbonyl (C=O) groups is 2. The van der Waals surface area contributed by atoms with Gasteiger partial charge in [-0.1, -0.05) is 0 Å². The molecule has 9 rings (SSSR count). The molecule has 3 aliphatic heterocycles. The van der Waals surface area contributed by atoms with Crippen LogP contribution in [-0.4, -0.2) is 121 Å². The molecule has 2 amide bonds. The van der Waals surface area contributed by atoms with Gasteiger partial charge in [0.2, 0.25) is 0 Å². The Morgan fingerprint density at radius 3 is 1.44 bits per heavy atom. The SMILES string of the molecule is Cc1cc(N2CCC(N3CCCC3)CC2)nc2ccc(NC(=O)COc3ccc(C(F)(F)F)cc3)cc12.Cc1cc(N2CCN(CCO)CC2)nc2ccc(NC(=O)COc3ccc(C(F)(F)F)cc3)cc12. The van der Waals surface area contributed by atoms with Crippen molar-refractivity contribution in [3.63, 3.8) is 0 Å². The molecule has 3 saturated heterocycles. The summed E-state index contributed by atoms with van der Waals surface area (Å²) < 4.78 is 86.7. The van der Waals surface area contributed by atoms with Gasteiger partial charge in [-0.05, 0) is 161 Å². The summed E-state index contributed by atoms with van der Waals surface area (Å²) in [5.41, 5.74) is 3.44. The number of benzene rings is 4. The largest absolute Gasteiger partial charge is 0.484 e. The molecule has 382 valence electrons. The molecule has 0 bridgehead atoms. The number of piperidine rings is 1. The fourth-order valence-electron chi connectivity index (χ4n) is 9.31. The van der Waals surface area contributed by atoms with E-state index in [1.54, 1.807) is 12.1 Å². The number of fused-ring (bicyclic) bond motifs is 2. The Morgan fingerprint density at radius 1 is 0.597 bits per heavy atom. The highest BCUT2D eigenvalue weighted by Gasteiger charge is 2.31. The average Bonchev–Trinajstić information content (AvgIpc) is 3.91. The third-order valence-electron chi connectivity index (χ3n) is 13.2. The summed E-state index contributed by atoms with van der Waals surface area (Å²) in [6.07, 6.45) is -3.87. The highest BCUT2D eigenvalue weighted by Crippen LogP contribution is 2.33. The maximum absolute atomic E-state index is 12.7. The molecule has 0 spiro atoms. The van der Waals surface area contributed by atoms with Crippen molar-refractivity contribution in [2.75, 3.05) is 99.2 Å². The van der Waals surface area contributed by atoms with Crippen molar-refractivity contribution in [1.29, 1.82) is 0 Å². The van der Waals surface area contributed by atoms with E-state index in [0.29, 0.717) is 24.0 Å². The van der Waals surface area contributed by atoms with Crippen LogP contribution in [0.3, 0.4) is 0 Å². The van der Waals surface area contributed by atoms with Crippen LogP contribution in [0.15, 0.2) is 97.1 Å². The number of ether oxygens (including phenoxy) is 2. The second-order valence-electron chi connectivity index (χ2n) is 18.3. The van der Waals surface area contributed by atoms with Crippen molar-refractivity contribution >= 4 is 56.6 Å². The van der Waals surface area contributed by atoms with Crippen LogP contribution < -0.4 is 29.9 Å². The molecule has 6 aromatic rings. The fraction of sp³-hybridized carbons (Fsp3) is 0.396. The van der Waals surface area contributed by atoms with Gasteiger partial charge in [0.05, 0.1) is 28.8 Å². The number of nitrogens with one attached hydrogen (secondary N) is 2. The lowest BCUT2D eigenvalue weighted by atomic mass is 10.0. The van der Waals surface area contributed by atoms with Crippen molar-refractivity contribution in [1.82, 2.24) is 19.8 Å². The van der Waals surface area contributed by atoms with E-state index in [0.717, 1.165) is 121 Å². The standard InChI is InChI=1S/C28H31F3N4O2.C25H27F3N4O3/c1-19-16-26(35-14-10-22(11-15-35)34-12-2-3-13-34)33-25-9-6-21(17-24(19)25)32-27(36)18-37-23-7-4-20(5-8-23)28(29,30)31;1-17-14-23(32-10-8-31(9-11-32)12-13-33)30-22-7-4-19(15-21(17)22)29-24(34)16-35-20-5-2-18(3-6-20)25(26,27)28/h4-9,16-17,22H,2-3,10-15,18H2,1H3,(H,32,36);2-7,14-15,33H,8-13,16H2,1H3,(H,29,34). The predicted molar refractivity (Wildman–Crippen MR) is 266 cm³/mol. The monoisotopic (exact) mass is 1000 g/mol. The minimum absolute atomic E-state index is 0.160. The minimum Gasteiger partial charge on any atom is -0.484 e. The van der Waals surface area contributed by atoms with E-state index in [1.165, 1.54) is 50.2 Å². The zero-order chi connectivity index (χ0) is 51.0. The normalized spacial score (nSPS) is 16.1. The number of alkyl halides is 6. The molecule has 4 aromatic carbocycles. The molecule has 72 heavy (non-hydrogen) atoms. The number of halogens is 6. The second-order valence-corrected chi connectivity index (χ2v) is 18.3. The quantitative estimate of drug-likeness (QED) is 0.0956. The molecule has 3 fully saturated rings. The number of β-amino-alcohol motifs (C(OH)–C–C–N with tert-alkyl or cyclic N) is 1. The van der Waals surface area contributed by atoms with Gasteiger partial charge in [-0.15, -0.1) is 0 Å². The van der Waals surface area contributed by atoms with Gasteiger partial charge in [-0.2, -0.15) is 26.3 Å². The van der Waals surface area contributed by atoms with Gasteiger partial charge < -0.3 is 39.9 Å². The van der Waals surface area contributed by atoms with E-state index in [-0.39, 0.29) is 31.3 Å². The number of amides is 2. The van der Waals surface area contributed by atoms with Crippen LogP contribution in [0, 0.1) is 13.8 Å². The number of hydrogen-bond acceptors (Lipinski definition) is 11. The van der Waals surface area contributed by atoms with Crippen LogP contribution in [0.2, 0.25) is 0 Å². The lowest BCUT2D eigenvalue weighted by molar-refractivity contribution is -0.138. The summed E-state index contributed by atoms with van der Waals surface area (Å²) in [4.78, 5) is 43.8. The van der Waals surface area contributed by atoms with E-state index < -0.39 is 35.3 Å². The van der Waals surface area contributed by atoms with Crippen molar-refractivity contribution in [3.05, 3.63) is 119 Å². The minimum atomic E-state index is -4.42. The Balaban J connectivity index is 0.000000193. The number of aliphatic hydroxyl groups is 1.